The van der Waals surface area contributed by atoms with Crippen LogP contribution in [-0.2, 0) is 11.3 Å². The second-order valence-electron chi connectivity index (χ2n) is 6.17. The number of aldehydes is 1. The molecule has 2 atom stereocenters. The van der Waals surface area contributed by atoms with Gasteiger partial charge in [0.1, 0.15) is 6.29 Å². The van der Waals surface area contributed by atoms with E-state index in [-0.39, 0.29) is 5.92 Å². The Bertz CT molecular complexity index is 641. The molecule has 4 heteroatoms. The Morgan fingerprint density at radius 3 is 2.95 bits per heavy atom. The molecule has 1 saturated heterocycles. The lowest BCUT2D eigenvalue weighted by atomic mass is 9.89. The second-order valence-corrected chi connectivity index (χ2v) is 6.17. The van der Waals surface area contributed by atoms with E-state index in [1.165, 1.54) is 10.9 Å². The van der Waals surface area contributed by atoms with Gasteiger partial charge in [0.2, 0.25) is 0 Å². The van der Waals surface area contributed by atoms with Crippen LogP contribution >= 0.6 is 0 Å². The minimum absolute atomic E-state index is 0.152. The van der Waals surface area contributed by atoms with E-state index < -0.39 is 0 Å². The summed E-state index contributed by atoms with van der Waals surface area (Å²) in [5, 5.41) is 1.21. The third-order valence-electron chi connectivity index (χ3n) is 4.65. The Morgan fingerprint density at radius 1 is 1.27 bits per heavy atom. The van der Waals surface area contributed by atoms with Gasteiger partial charge >= 0.3 is 0 Å². The summed E-state index contributed by atoms with van der Waals surface area (Å²) in [6.45, 7) is 2.72. The number of rotatable bonds is 6. The number of likely N-dealkylation sites (tertiary alicyclic amines) is 1. The van der Waals surface area contributed by atoms with E-state index in [0.717, 1.165) is 44.3 Å². The van der Waals surface area contributed by atoms with Crippen molar-refractivity contribution in [2.75, 3.05) is 13.1 Å². The number of carbonyl (C=O) groups excluding carboxylic acids is 1. The van der Waals surface area contributed by atoms with Gasteiger partial charge in [-0.3, -0.25) is 9.88 Å². The van der Waals surface area contributed by atoms with E-state index in [1.54, 1.807) is 0 Å². The van der Waals surface area contributed by atoms with Crippen LogP contribution in [0, 0.1) is 11.8 Å². The standard InChI is InChI=1S/C18H21BN2O/c19-8-3-4-14-10-21(12-16(14)13-22)11-15-7-9-20-18-6-2-1-5-17(15)18/h1-2,5-7,9,13-14,16H,3-4,8,10-12H2/t14-,16-/m0/s1. The van der Waals surface area contributed by atoms with Crippen molar-refractivity contribution in [2.24, 2.45) is 11.8 Å². The molecule has 112 valence electrons. The van der Waals surface area contributed by atoms with Gasteiger partial charge in [0.15, 0.2) is 0 Å². The predicted octanol–water partition coefficient (Wildman–Crippen LogP) is 2.85. The zero-order valence-electron chi connectivity index (χ0n) is 12.8. The number of pyridine rings is 1. The molecule has 0 N–H and O–H groups in total. The SMILES string of the molecule is [B]CCC[C@H]1CN(Cc2ccnc3ccccc23)C[C@H]1C=O. The highest BCUT2D eigenvalue weighted by Crippen LogP contribution is 2.28. The van der Waals surface area contributed by atoms with Crippen molar-refractivity contribution in [3.63, 3.8) is 0 Å². The average Bonchev–Trinajstić information content (AvgIpc) is 2.95. The summed E-state index contributed by atoms with van der Waals surface area (Å²) in [4.78, 5) is 18.1. The summed E-state index contributed by atoms with van der Waals surface area (Å²) in [5.41, 5.74) is 2.32. The van der Waals surface area contributed by atoms with Crippen LogP contribution in [0.1, 0.15) is 18.4 Å². The van der Waals surface area contributed by atoms with Crippen molar-refractivity contribution in [1.29, 1.82) is 0 Å². The molecule has 3 nitrogen and oxygen atoms in total. The van der Waals surface area contributed by atoms with Gasteiger partial charge in [-0.05, 0) is 30.0 Å². The van der Waals surface area contributed by atoms with Crippen molar-refractivity contribution < 1.29 is 4.79 Å². The van der Waals surface area contributed by atoms with Crippen LogP contribution in [0.15, 0.2) is 36.5 Å². The number of fused-ring (bicyclic) bond motifs is 1. The zero-order valence-corrected chi connectivity index (χ0v) is 12.8. The van der Waals surface area contributed by atoms with Crippen LogP contribution in [0.25, 0.3) is 10.9 Å². The van der Waals surface area contributed by atoms with Crippen LogP contribution in [-0.4, -0.2) is 37.1 Å². The highest BCUT2D eigenvalue weighted by molar-refractivity contribution is 6.08. The molecule has 2 radical (unpaired) electrons. The number of nitrogens with zero attached hydrogens (tertiary/aromatic N) is 2. The molecule has 22 heavy (non-hydrogen) atoms. The van der Waals surface area contributed by atoms with Gasteiger partial charge in [0.05, 0.1) is 13.4 Å². The molecular formula is C18H21BN2O. The molecule has 0 amide bonds. The number of benzene rings is 1. The molecule has 1 aliphatic rings. The predicted molar refractivity (Wildman–Crippen MR) is 89.9 cm³/mol. The van der Waals surface area contributed by atoms with Gasteiger partial charge < -0.3 is 4.79 Å². The number of hydrogen-bond donors (Lipinski definition) is 0. The molecule has 1 aliphatic heterocycles. The van der Waals surface area contributed by atoms with Gasteiger partial charge in [0.25, 0.3) is 0 Å². The Hall–Kier alpha value is -1.68. The van der Waals surface area contributed by atoms with E-state index >= 15 is 0 Å². The average molecular weight is 292 g/mol. The lowest BCUT2D eigenvalue weighted by Gasteiger charge is -2.17. The Labute approximate surface area is 133 Å². The molecule has 0 unspecified atom stereocenters. The minimum atomic E-state index is 0.152. The maximum absolute atomic E-state index is 11.3. The monoisotopic (exact) mass is 292 g/mol. The van der Waals surface area contributed by atoms with Gasteiger partial charge in [-0.2, -0.15) is 0 Å². The van der Waals surface area contributed by atoms with Crippen LogP contribution in [0.3, 0.4) is 0 Å². The van der Waals surface area contributed by atoms with Gasteiger partial charge in [-0.15, -0.1) is 0 Å². The van der Waals surface area contributed by atoms with E-state index in [9.17, 15) is 4.79 Å². The minimum Gasteiger partial charge on any atom is -0.303 e. The molecule has 1 aromatic heterocycles. The van der Waals surface area contributed by atoms with E-state index in [2.05, 4.69) is 28.1 Å². The Kier molecular flexibility index (Phi) is 4.89. The molecule has 0 saturated carbocycles. The first-order chi connectivity index (χ1) is 10.8. The second kappa shape index (κ2) is 7.06. The summed E-state index contributed by atoms with van der Waals surface area (Å²) < 4.78 is 0. The largest absolute Gasteiger partial charge is 0.303 e. The fraction of sp³-hybridized carbons (Fsp3) is 0.444. The summed E-state index contributed by atoms with van der Waals surface area (Å²) in [7, 11) is 5.61. The van der Waals surface area contributed by atoms with E-state index in [4.69, 9.17) is 7.85 Å². The lowest BCUT2D eigenvalue weighted by molar-refractivity contribution is -0.111. The first-order valence-electron chi connectivity index (χ1n) is 8.02. The number of carbonyl (C=O) groups is 1. The Morgan fingerprint density at radius 2 is 2.14 bits per heavy atom. The smallest absolute Gasteiger partial charge is 0.124 e. The molecular weight excluding hydrogens is 271 g/mol. The zero-order chi connectivity index (χ0) is 15.4. The Balaban J connectivity index is 1.74. The van der Waals surface area contributed by atoms with E-state index in [1.807, 2.05) is 18.3 Å². The van der Waals surface area contributed by atoms with Crippen LogP contribution in [0.4, 0.5) is 0 Å². The first-order valence-corrected chi connectivity index (χ1v) is 8.02. The third kappa shape index (κ3) is 3.22. The van der Waals surface area contributed by atoms with Crippen molar-refractivity contribution in [1.82, 2.24) is 9.88 Å². The quantitative estimate of drug-likeness (QED) is 0.606. The van der Waals surface area contributed by atoms with Crippen molar-refractivity contribution in [3.05, 3.63) is 42.1 Å². The fourth-order valence-corrected chi connectivity index (χ4v) is 3.49. The lowest BCUT2D eigenvalue weighted by Crippen LogP contribution is -2.20. The first kappa shape index (κ1) is 15.2. The summed E-state index contributed by atoms with van der Waals surface area (Å²) in [6, 6.07) is 10.3. The summed E-state index contributed by atoms with van der Waals surface area (Å²) in [6.07, 6.45) is 5.76. The van der Waals surface area contributed by atoms with Crippen molar-refractivity contribution in [2.45, 2.75) is 25.7 Å². The maximum atomic E-state index is 11.3. The molecule has 0 bridgehead atoms. The summed E-state index contributed by atoms with van der Waals surface area (Å²) >= 11 is 0. The van der Waals surface area contributed by atoms with Gasteiger partial charge in [0, 0.05) is 37.1 Å². The van der Waals surface area contributed by atoms with Crippen LogP contribution in [0.5, 0.6) is 0 Å². The molecule has 1 fully saturated rings. The maximum Gasteiger partial charge on any atom is 0.124 e. The summed E-state index contributed by atoms with van der Waals surface area (Å²) in [5.74, 6) is 0.605. The third-order valence-corrected chi connectivity index (χ3v) is 4.65. The van der Waals surface area contributed by atoms with Crippen molar-refractivity contribution in [3.8, 4) is 0 Å². The van der Waals surface area contributed by atoms with Gasteiger partial charge in [-0.25, -0.2) is 0 Å². The number of hydrogen-bond acceptors (Lipinski definition) is 3. The van der Waals surface area contributed by atoms with Crippen LogP contribution < -0.4 is 0 Å². The van der Waals surface area contributed by atoms with Crippen LogP contribution in [0.2, 0.25) is 6.32 Å². The van der Waals surface area contributed by atoms with Gasteiger partial charge in [-0.1, -0.05) is 30.9 Å². The fourth-order valence-electron chi connectivity index (χ4n) is 3.49. The highest BCUT2D eigenvalue weighted by atomic mass is 16.1. The molecule has 1 aromatic carbocycles. The number of aromatic nitrogens is 1. The molecule has 2 aromatic rings. The number of para-hydroxylation sites is 1. The normalized spacial score (nSPS) is 22.2. The van der Waals surface area contributed by atoms with E-state index in [0.29, 0.717) is 12.2 Å². The van der Waals surface area contributed by atoms with Crippen molar-refractivity contribution >= 4 is 25.0 Å². The molecule has 0 spiro atoms. The highest BCUT2D eigenvalue weighted by Gasteiger charge is 2.31. The molecule has 0 aliphatic carbocycles. The molecule has 2 heterocycles. The molecule has 3 rings (SSSR count). The topological polar surface area (TPSA) is 33.2 Å².